The zero-order valence-corrected chi connectivity index (χ0v) is 15.0. The summed E-state index contributed by atoms with van der Waals surface area (Å²) in [5.41, 5.74) is 1.19. The highest BCUT2D eigenvalue weighted by Gasteiger charge is 2.25. The summed E-state index contributed by atoms with van der Waals surface area (Å²) in [4.78, 5) is 11.3. The van der Waals surface area contributed by atoms with E-state index in [2.05, 4.69) is 49.9 Å². The third-order valence-electron chi connectivity index (χ3n) is 4.34. The van der Waals surface area contributed by atoms with Gasteiger partial charge in [-0.2, -0.15) is 0 Å². The molecule has 1 aromatic rings. The summed E-state index contributed by atoms with van der Waals surface area (Å²) in [6, 6.07) is 0.987. The fraction of sp³-hybridized carbons (Fsp3) is 0.812. The summed E-state index contributed by atoms with van der Waals surface area (Å²) in [5.74, 6) is 0. The van der Waals surface area contributed by atoms with Crippen molar-refractivity contribution < 1.29 is 0 Å². The molecule has 0 saturated carbocycles. The zero-order chi connectivity index (χ0) is 15.4. The molecule has 2 unspecified atom stereocenters. The van der Waals surface area contributed by atoms with Crippen LogP contribution in [0.5, 0.6) is 0 Å². The van der Waals surface area contributed by atoms with Crippen molar-refractivity contribution in [3.63, 3.8) is 0 Å². The van der Waals surface area contributed by atoms with Crippen LogP contribution >= 0.6 is 11.3 Å². The van der Waals surface area contributed by atoms with E-state index >= 15 is 0 Å². The van der Waals surface area contributed by atoms with Gasteiger partial charge in [-0.1, -0.05) is 13.8 Å². The molecule has 0 radical (unpaired) electrons. The van der Waals surface area contributed by atoms with Crippen molar-refractivity contribution >= 4 is 16.5 Å². The van der Waals surface area contributed by atoms with Gasteiger partial charge in [-0.25, -0.2) is 4.98 Å². The van der Waals surface area contributed by atoms with Gasteiger partial charge in [-0.05, 0) is 46.8 Å². The largest absolute Gasteiger partial charge is 0.344 e. The van der Waals surface area contributed by atoms with E-state index in [1.54, 1.807) is 0 Å². The van der Waals surface area contributed by atoms with E-state index in [9.17, 15) is 0 Å². The van der Waals surface area contributed by atoms with Crippen LogP contribution in [0.1, 0.15) is 50.2 Å². The topological polar surface area (TPSA) is 31.4 Å². The molecule has 2 atom stereocenters. The second-order valence-corrected chi connectivity index (χ2v) is 7.11. The smallest absolute Gasteiger partial charge is 0.186 e. The number of hydrogen-bond acceptors (Lipinski definition) is 5. The molecule has 0 bridgehead atoms. The Hall–Kier alpha value is -0.650. The van der Waals surface area contributed by atoms with Gasteiger partial charge in [-0.3, -0.25) is 0 Å². The standard InChI is InChI=1S/C16H30N4S/c1-6-14-11-19(5)9-8-10-20(14)16-18-13(4)15(21-16)12(3)17-7-2/h12,14,17H,6-11H2,1-5H3. The first-order valence-electron chi connectivity index (χ1n) is 8.22. The highest BCUT2D eigenvalue weighted by Crippen LogP contribution is 2.33. The SMILES string of the molecule is CCNC(C)c1sc(N2CCCN(C)CC2CC)nc1C. The molecule has 2 heterocycles. The van der Waals surface area contributed by atoms with Gasteiger partial charge in [-0.15, -0.1) is 11.3 Å². The van der Waals surface area contributed by atoms with Gasteiger partial charge < -0.3 is 15.1 Å². The van der Waals surface area contributed by atoms with Crippen LogP contribution in [0.15, 0.2) is 0 Å². The van der Waals surface area contributed by atoms with Crippen LogP contribution in [0, 0.1) is 6.92 Å². The van der Waals surface area contributed by atoms with E-state index in [-0.39, 0.29) is 0 Å². The van der Waals surface area contributed by atoms with Crippen LogP contribution in [-0.4, -0.2) is 49.2 Å². The fourth-order valence-corrected chi connectivity index (χ4v) is 4.35. The number of likely N-dealkylation sites (N-methyl/N-ethyl adjacent to an activating group) is 1. The molecule has 1 aromatic heterocycles. The van der Waals surface area contributed by atoms with Crippen molar-refractivity contribution in [3.05, 3.63) is 10.6 Å². The van der Waals surface area contributed by atoms with Gasteiger partial charge in [0, 0.05) is 30.1 Å². The van der Waals surface area contributed by atoms with E-state index in [1.807, 2.05) is 11.3 Å². The summed E-state index contributed by atoms with van der Waals surface area (Å²) in [6.45, 7) is 13.3. The molecule has 1 aliphatic heterocycles. The molecule has 1 fully saturated rings. The van der Waals surface area contributed by atoms with Crippen molar-refractivity contribution in [2.45, 2.75) is 52.6 Å². The van der Waals surface area contributed by atoms with E-state index in [4.69, 9.17) is 4.98 Å². The highest BCUT2D eigenvalue weighted by molar-refractivity contribution is 7.15. The first-order chi connectivity index (χ1) is 10.1. The molecule has 1 aliphatic rings. The third kappa shape index (κ3) is 3.96. The summed E-state index contributed by atoms with van der Waals surface area (Å²) in [6.07, 6.45) is 2.41. The zero-order valence-electron chi connectivity index (χ0n) is 14.1. The summed E-state index contributed by atoms with van der Waals surface area (Å²) in [7, 11) is 2.23. The lowest BCUT2D eigenvalue weighted by atomic mass is 10.2. The Morgan fingerprint density at radius 3 is 2.81 bits per heavy atom. The third-order valence-corrected chi connectivity index (χ3v) is 5.72. The summed E-state index contributed by atoms with van der Waals surface area (Å²) >= 11 is 1.88. The Morgan fingerprint density at radius 2 is 2.14 bits per heavy atom. The quantitative estimate of drug-likeness (QED) is 0.906. The molecule has 1 saturated heterocycles. The van der Waals surface area contributed by atoms with Crippen molar-refractivity contribution in [2.75, 3.05) is 38.1 Å². The van der Waals surface area contributed by atoms with Crippen molar-refractivity contribution in [1.82, 2.24) is 15.2 Å². The molecule has 4 nitrogen and oxygen atoms in total. The van der Waals surface area contributed by atoms with E-state index in [1.165, 1.54) is 35.1 Å². The number of nitrogens with zero attached hydrogens (tertiary/aromatic N) is 3. The highest BCUT2D eigenvalue weighted by atomic mass is 32.1. The average molecular weight is 311 g/mol. The second-order valence-electron chi connectivity index (χ2n) is 6.10. The molecule has 0 aliphatic carbocycles. The normalized spacial score (nSPS) is 22.3. The lowest BCUT2D eigenvalue weighted by Gasteiger charge is -2.29. The summed E-state index contributed by atoms with van der Waals surface area (Å²) < 4.78 is 0. The maximum Gasteiger partial charge on any atom is 0.186 e. The van der Waals surface area contributed by atoms with Crippen LogP contribution in [0.25, 0.3) is 0 Å². The van der Waals surface area contributed by atoms with Crippen molar-refractivity contribution in [2.24, 2.45) is 0 Å². The number of aryl methyl sites for hydroxylation is 1. The van der Waals surface area contributed by atoms with Crippen LogP contribution in [-0.2, 0) is 0 Å². The van der Waals surface area contributed by atoms with E-state index in [0.29, 0.717) is 12.1 Å². The Kier molecular flexibility index (Phi) is 6.02. The Labute approximate surface area is 133 Å². The first-order valence-corrected chi connectivity index (χ1v) is 9.04. The van der Waals surface area contributed by atoms with Crippen LogP contribution in [0.2, 0.25) is 0 Å². The summed E-state index contributed by atoms with van der Waals surface area (Å²) in [5, 5.41) is 4.72. The molecule has 120 valence electrons. The minimum absolute atomic E-state index is 0.399. The van der Waals surface area contributed by atoms with Crippen molar-refractivity contribution in [3.8, 4) is 0 Å². The minimum Gasteiger partial charge on any atom is -0.344 e. The monoisotopic (exact) mass is 310 g/mol. The number of anilines is 1. The molecule has 21 heavy (non-hydrogen) atoms. The molecule has 0 spiro atoms. The molecule has 2 rings (SSSR count). The van der Waals surface area contributed by atoms with E-state index in [0.717, 1.165) is 19.6 Å². The predicted molar refractivity (Wildman–Crippen MR) is 92.5 cm³/mol. The van der Waals surface area contributed by atoms with Crippen LogP contribution in [0.4, 0.5) is 5.13 Å². The van der Waals surface area contributed by atoms with Gasteiger partial charge in [0.15, 0.2) is 5.13 Å². The lowest BCUT2D eigenvalue weighted by Crippen LogP contribution is -2.39. The first kappa shape index (κ1) is 16.7. The molecule has 5 heteroatoms. The molecular weight excluding hydrogens is 280 g/mol. The molecule has 0 aromatic carbocycles. The van der Waals surface area contributed by atoms with Gasteiger partial charge in [0.05, 0.1) is 5.69 Å². The Balaban J connectivity index is 2.21. The predicted octanol–water partition coefficient (Wildman–Crippen LogP) is 3.04. The Morgan fingerprint density at radius 1 is 1.38 bits per heavy atom. The maximum atomic E-state index is 4.89. The number of aromatic nitrogens is 1. The Bertz CT molecular complexity index is 445. The van der Waals surface area contributed by atoms with E-state index < -0.39 is 0 Å². The van der Waals surface area contributed by atoms with Gasteiger partial charge in [0.1, 0.15) is 0 Å². The lowest BCUT2D eigenvalue weighted by molar-refractivity contribution is 0.328. The van der Waals surface area contributed by atoms with Crippen LogP contribution in [0.3, 0.4) is 0 Å². The maximum absolute atomic E-state index is 4.89. The van der Waals surface area contributed by atoms with Gasteiger partial charge in [0.25, 0.3) is 0 Å². The molecule has 0 amide bonds. The average Bonchev–Trinajstić information content (AvgIpc) is 2.72. The second kappa shape index (κ2) is 7.56. The van der Waals surface area contributed by atoms with Gasteiger partial charge in [0.2, 0.25) is 0 Å². The number of rotatable bonds is 5. The molecule has 1 N–H and O–H groups in total. The fourth-order valence-electron chi connectivity index (χ4n) is 3.16. The van der Waals surface area contributed by atoms with Crippen molar-refractivity contribution in [1.29, 1.82) is 0 Å². The van der Waals surface area contributed by atoms with Gasteiger partial charge >= 0.3 is 0 Å². The number of thiazole rings is 1. The molecular formula is C16H30N4S. The van der Waals surface area contributed by atoms with Crippen LogP contribution < -0.4 is 10.2 Å². The minimum atomic E-state index is 0.399. The number of hydrogen-bond donors (Lipinski definition) is 1. The number of nitrogens with one attached hydrogen (secondary N) is 1.